The Morgan fingerprint density at radius 3 is 2.70 bits per heavy atom. The molecule has 1 aromatic heterocycles. The quantitative estimate of drug-likeness (QED) is 0.648. The number of aromatic nitrogens is 1. The van der Waals surface area contributed by atoms with Gasteiger partial charge in [-0.1, -0.05) is 36.4 Å². The third-order valence-corrected chi connectivity index (χ3v) is 6.08. The van der Waals surface area contributed by atoms with Gasteiger partial charge in [0.05, 0.1) is 23.5 Å². The smallest absolute Gasteiger partial charge is 0.337 e. The Bertz CT molecular complexity index is 1070. The minimum Gasteiger partial charge on any atom is -0.478 e. The number of anilines is 1. The van der Waals surface area contributed by atoms with Crippen LogP contribution in [0.3, 0.4) is 0 Å². The zero-order valence-corrected chi connectivity index (χ0v) is 17.6. The lowest BCUT2D eigenvalue weighted by atomic mass is 9.88. The summed E-state index contributed by atoms with van der Waals surface area (Å²) in [7, 11) is 2.12. The number of fused-ring (bicyclic) bond motifs is 1. The Morgan fingerprint density at radius 1 is 1.20 bits per heavy atom. The molecule has 0 fully saturated rings. The van der Waals surface area contributed by atoms with E-state index in [4.69, 9.17) is 0 Å². The molecule has 0 spiro atoms. The molecule has 0 saturated carbocycles. The molecule has 0 radical (unpaired) electrons. The molecule has 154 valence electrons. The summed E-state index contributed by atoms with van der Waals surface area (Å²) in [6.45, 7) is 5.92. The predicted octanol–water partition coefficient (Wildman–Crippen LogP) is 4.70. The van der Waals surface area contributed by atoms with E-state index in [0.717, 1.165) is 13.0 Å². The number of carboxylic acid groups (broad SMARTS) is 1. The summed E-state index contributed by atoms with van der Waals surface area (Å²) in [5, 5.41) is 12.7. The Labute approximate surface area is 177 Å². The highest BCUT2D eigenvalue weighted by Gasteiger charge is 2.25. The first-order chi connectivity index (χ1) is 14.5. The van der Waals surface area contributed by atoms with Crippen molar-refractivity contribution in [1.82, 2.24) is 9.88 Å². The van der Waals surface area contributed by atoms with Crippen LogP contribution in [-0.4, -0.2) is 41.1 Å². The van der Waals surface area contributed by atoms with E-state index in [1.165, 1.54) is 45.6 Å². The number of likely N-dealkylation sites (N-methyl/N-ethyl adjacent to an activating group) is 1. The molecular formula is C25H27N3O2. The van der Waals surface area contributed by atoms with Crippen molar-refractivity contribution in [2.45, 2.75) is 26.3 Å². The van der Waals surface area contributed by atoms with Crippen LogP contribution in [0.25, 0.3) is 11.1 Å². The first-order valence-electron chi connectivity index (χ1n) is 10.3. The fraction of sp³-hybridized carbons (Fsp3) is 0.280. The van der Waals surface area contributed by atoms with Gasteiger partial charge in [0.25, 0.3) is 0 Å². The standard InChI is InChI=1S/C25H27N3O2/c1-16-5-4-6-17(2)24(16)19-7-8-20-18(13-19)10-12-28(3)23(20)15-27-22-14-26-11-9-21(22)25(29)30/h4-9,11,13-14,23,27H,10,12,15H2,1-3H3,(H,29,30). The van der Waals surface area contributed by atoms with Crippen molar-refractivity contribution in [3.05, 3.63) is 82.7 Å². The van der Waals surface area contributed by atoms with Crippen LogP contribution in [0.1, 0.15) is 38.7 Å². The zero-order chi connectivity index (χ0) is 21.3. The number of hydrogen-bond donors (Lipinski definition) is 2. The molecular weight excluding hydrogens is 374 g/mol. The van der Waals surface area contributed by atoms with Crippen molar-refractivity contribution in [3.63, 3.8) is 0 Å². The van der Waals surface area contributed by atoms with Crippen LogP contribution in [0.5, 0.6) is 0 Å². The molecule has 1 aliphatic rings. The molecule has 1 unspecified atom stereocenters. The molecule has 5 nitrogen and oxygen atoms in total. The number of carbonyl (C=O) groups is 1. The van der Waals surface area contributed by atoms with Crippen LogP contribution in [0.2, 0.25) is 0 Å². The van der Waals surface area contributed by atoms with Gasteiger partial charge in [0.15, 0.2) is 0 Å². The molecule has 0 saturated heterocycles. The van der Waals surface area contributed by atoms with Gasteiger partial charge in [0.2, 0.25) is 0 Å². The summed E-state index contributed by atoms with van der Waals surface area (Å²) in [5.41, 5.74) is 8.62. The fourth-order valence-electron chi connectivity index (χ4n) is 4.46. The van der Waals surface area contributed by atoms with E-state index in [1.807, 2.05) is 0 Å². The lowest BCUT2D eigenvalue weighted by Gasteiger charge is -2.35. The maximum atomic E-state index is 11.5. The molecule has 2 aromatic carbocycles. The Kier molecular flexibility index (Phi) is 5.55. The third kappa shape index (κ3) is 3.81. The first-order valence-corrected chi connectivity index (χ1v) is 10.3. The van der Waals surface area contributed by atoms with Gasteiger partial charge in [-0.3, -0.25) is 9.88 Å². The molecule has 0 bridgehead atoms. The molecule has 4 rings (SSSR count). The molecule has 1 atom stereocenters. The maximum Gasteiger partial charge on any atom is 0.337 e. The molecule has 2 N–H and O–H groups in total. The van der Waals surface area contributed by atoms with E-state index in [1.54, 1.807) is 6.20 Å². The van der Waals surface area contributed by atoms with Crippen molar-refractivity contribution in [3.8, 4) is 11.1 Å². The number of pyridine rings is 1. The second-order valence-corrected chi connectivity index (χ2v) is 8.03. The lowest BCUT2D eigenvalue weighted by molar-refractivity contribution is 0.0697. The number of benzene rings is 2. The highest BCUT2D eigenvalue weighted by Crippen LogP contribution is 2.34. The normalized spacial score (nSPS) is 16.2. The molecule has 0 aliphatic carbocycles. The minimum atomic E-state index is -0.949. The maximum absolute atomic E-state index is 11.5. The highest BCUT2D eigenvalue weighted by molar-refractivity contribution is 5.93. The van der Waals surface area contributed by atoms with Gasteiger partial charge < -0.3 is 10.4 Å². The van der Waals surface area contributed by atoms with Gasteiger partial charge in [-0.15, -0.1) is 0 Å². The van der Waals surface area contributed by atoms with E-state index in [-0.39, 0.29) is 11.6 Å². The Hall–Kier alpha value is -3.18. The van der Waals surface area contributed by atoms with Crippen molar-refractivity contribution >= 4 is 11.7 Å². The molecule has 1 aliphatic heterocycles. The molecule has 30 heavy (non-hydrogen) atoms. The Balaban J connectivity index is 1.63. The van der Waals surface area contributed by atoms with Crippen LogP contribution in [-0.2, 0) is 6.42 Å². The monoisotopic (exact) mass is 401 g/mol. The van der Waals surface area contributed by atoms with Gasteiger partial charge in [0, 0.05) is 19.3 Å². The number of aryl methyl sites for hydroxylation is 2. The van der Waals surface area contributed by atoms with Crippen LogP contribution < -0.4 is 5.32 Å². The number of hydrogen-bond acceptors (Lipinski definition) is 4. The first kappa shape index (κ1) is 20.1. The second-order valence-electron chi connectivity index (χ2n) is 8.03. The van der Waals surface area contributed by atoms with Crippen molar-refractivity contribution < 1.29 is 9.90 Å². The van der Waals surface area contributed by atoms with Crippen LogP contribution >= 0.6 is 0 Å². The average molecular weight is 402 g/mol. The number of nitrogens with one attached hydrogen (secondary N) is 1. The summed E-state index contributed by atoms with van der Waals surface area (Å²) in [6, 6.07) is 14.9. The van der Waals surface area contributed by atoms with E-state index in [9.17, 15) is 9.90 Å². The van der Waals surface area contributed by atoms with E-state index in [2.05, 4.69) is 72.5 Å². The van der Waals surface area contributed by atoms with Crippen molar-refractivity contribution in [2.24, 2.45) is 0 Å². The summed E-state index contributed by atoms with van der Waals surface area (Å²) >= 11 is 0. The number of rotatable bonds is 5. The molecule has 3 aromatic rings. The van der Waals surface area contributed by atoms with E-state index in [0.29, 0.717) is 12.2 Å². The van der Waals surface area contributed by atoms with E-state index >= 15 is 0 Å². The fourth-order valence-corrected chi connectivity index (χ4v) is 4.46. The van der Waals surface area contributed by atoms with Gasteiger partial charge >= 0.3 is 5.97 Å². The highest BCUT2D eigenvalue weighted by atomic mass is 16.4. The number of carboxylic acids is 1. The van der Waals surface area contributed by atoms with Gasteiger partial charge in [-0.25, -0.2) is 4.79 Å². The van der Waals surface area contributed by atoms with Gasteiger partial charge in [-0.05, 0) is 66.8 Å². The predicted molar refractivity (Wildman–Crippen MR) is 120 cm³/mol. The van der Waals surface area contributed by atoms with Crippen molar-refractivity contribution in [1.29, 1.82) is 0 Å². The SMILES string of the molecule is Cc1cccc(C)c1-c1ccc2c(c1)CCN(C)C2CNc1cnccc1C(=O)O. The number of aromatic carboxylic acids is 1. The number of nitrogens with zero attached hydrogens (tertiary/aromatic N) is 2. The topological polar surface area (TPSA) is 65.5 Å². The molecule has 0 amide bonds. The Morgan fingerprint density at radius 2 is 1.97 bits per heavy atom. The largest absolute Gasteiger partial charge is 0.478 e. The van der Waals surface area contributed by atoms with Crippen LogP contribution in [0.15, 0.2) is 54.9 Å². The summed E-state index contributed by atoms with van der Waals surface area (Å²) in [6.07, 6.45) is 4.09. The zero-order valence-electron chi connectivity index (χ0n) is 17.6. The summed E-state index contributed by atoms with van der Waals surface area (Å²) in [4.78, 5) is 17.9. The van der Waals surface area contributed by atoms with Gasteiger partial charge in [-0.2, -0.15) is 0 Å². The van der Waals surface area contributed by atoms with Gasteiger partial charge in [0.1, 0.15) is 0 Å². The summed E-state index contributed by atoms with van der Waals surface area (Å²) in [5.74, 6) is -0.949. The van der Waals surface area contributed by atoms with Crippen LogP contribution in [0, 0.1) is 13.8 Å². The summed E-state index contributed by atoms with van der Waals surface area (Å²) < 4.78 is 0. The lowest BCUT2D eigenvalue weighted by Crippen LogP contribution is -2.36. The minimum absolute atomic E-state index is 0.169. The van der Waals surface area contributed by atoms with Crippen molar-refractivity contribution in [2.75, 3.05) is 25.5 Å². The van der Waals surface area contributed by atoms with E-state index < -0.39 is 5.97 Å². The molecule has 2 heterocycles. The second kappa shape index (κ2) is 8.28. The van der Waals surface area contributed by atoms with Crippen LogP contribution in [0.4, 0.5) is 5.69 Å². The third-order valence-electron chi connectivity index (χ3n) is 6.08. The molecule has 5 heteroatoms. The average Bonchev–Trinajstić information content (AvgIpc) is 2.73.